The monoisotopic (exact) mass is 834 g/mol. The highest BCUT2D eigenvalue weighted by Crippen LogP contribution is 2.40. The normalized spacial score (nSPS) is 14.6. The minimum absolute atomic E-state index is 0.0357. The zero-order valence-corrected chi connectivity index (χ0v) is 33.9. The van der Waals surface area contributed by atoms with Crippen molar-refractivity contribution >= 4 is 55.3 Å². The molecule has 0 unspecified atom stereocenters. The number of sulfonamides is 2. The number of carbonyl (C=O) groups is 3. The number of nitrogens with one attached hydrogen (secondary N) is 4. The highest BCUT2D eigenvalue weighted by molar-refractivity contribution is 7.90. The zero-order valence-electron chi connectivity index (χ0n) is 32.3. The summed E-state index contributed by atoms with van der Waals surface area (Å²) < 4.78 is 51.1. The summed E-state index contributed by atoms with van der Waals surface area (Å²) in [6.45, 7) is -0.146. The van der Waals surface area contributed by atoms with E-state index < -0.39 is 26.1 Å². The lowest BCUT2D eigenvalue weighted by Gasteiger charge is -2.16. The van der Waals surface area contributed by atoms with Gasteiger partial charge in [-0.2, -0.15) is 23.6 Å². The topological polar surface area (TPSA) is 259 Å². The van der Waals surface area contributed by atoms with E-state index in [0.717, 1.165) is 86.7 Å². The Balaban J connectivity index is 0.000000164. The first-order chi connectivity index (χ1) is 27.7. The van der Waals surface area contributed by atoms with E-state index in [1.54, 1.807) is 6.08 Å². The average molecular weight is 835 g/mol. The Bertz CT molecular complexity index is 2460. The molecule has 308 valence electrons. The van der Waals surface area contributed by atoms with Crippen LogP contribution in [0.2, 0.25) is 0 Å². The molecule has 6 N–H and O–H groups in total. The van der Waals surface area contributed by atoms with Gasteiger partial charge in [0.1, 0.15) is 13.1 Å². The van der Waals surface area contributed by atoms with Crippen LogP contribution < -0.4 is 25.8 Å². The third-order valence-corrected chi connectivity index (χ3v) is 12.5. The molecule has 2 heterocycles. The number of urea groups is 1. The van der Waals surface area contributed by atoms with Gasteiger partial charge in [-0.3, -0.25) is 19.0 Å². The van der Waals surface area contributed by atoms with E-state index in [4.69, 9.17) is 5.14 Å². The van der Waals surface area contributed by atoms with Gasteiger partial charge in [0, 0.05) is 32.2 Å². The number of hydrogen-bond acceptors (Lipinski definition) is 11. The largest absolute Gasteiger partial charge is 0.358 e. The first-order valence-electron chi connectivity index (χ1n) is 19.0. The number of benzene rings is 2. The molecular weight excluding hydrogens is 789 g/mol. The number of isocyanates is 1. The average Bonchev–Trinajstić information content (AvgIpc) is 4.03. The smallest absolute Gasteiger partial charge is 0.333 e. The van der Waals surface area contributed by atoms with Crippen LogP contribution in [0.3, 0.4) is 0 Å². The molecule has 4 aromatic rings. The summed E-state index contributed by atoms with van der Waals surface area (Å²) >= 11 is 0. The van der Waals surface area contributed by atoms with Crippen LogP contribution in [-0.4, -0.2) is 74.4 Å². The van der Waals surface area contributed by atoms with Crippen molar-refractivity contribution in [2.45, 2.75) is 100 Å². The molecule has 0 fully saturated rings. The maximum atomic E-state index is 12.5. The molecule has 4 amide bonds. The maximum Gasteiger partial charge on any atom is 0.333 e. The zero-order chi connectivity index (χ0) is 41.6. The van der Waals surface area contributed by atoms with Crippen molar-refractivity contribution in [2.75, 3.05) is 19.4 Å². The summed E-state index contributed by atoms with van der Waals surface area (Å²) in [4.78, 5) is 49.3. The molecule has 0 atom stereocenters. The summed E-state index contributed by atoms with van der Waals surface area (Å²) in [7, 11) is -4.99. The minimum atomic E-state index is -4.16. The summed E-state index contributed by atoms with van der Waals surface area (Å²) in [6.07, 6.45) is 17.2. The van der Waals surface area contributed by atoms with Gasteiger partial charge >= 0.3 is 6.03 Å². The predicted octanol–water partition coefficient (Wildman–Crippen LogP) is 2.02. The molecule has 18 nitrogen and oxygen atoms in total. The predicted molar refractivity (Wildman–Crippen MR) is 212 cm³/mol. The van der Waals surface area contributed by atoms with E-state index in [2.05, 4.69) is 43.3 Å². The Morgan fingerprint density at radius 2 is 1.14 bits per heavy atom. The number of carbonyl (C=O) groups excluding carboxylic acids is 4. The lowest BCUT2D eigenvalue weighted by Crippen LogP contribution is -2.35. The fourth-order valence-corrected chi connectivity index (χ4v) is 9.18. The van der Waals surface area contributed by atoms with Gasteiger partial charge in [0.05, 0.1) is 5.69 Å². The van der Waals surface area contributed by atoms with Crippen LogP contribution in [0, 0.1) is 0 Å². The summed E-state index contributed by atoms with van der Waals surface area (Å²) in [6, 6.07) is 6.26. The van der Waals surface area contributed by atoms with Gasteiger partial charge < -0.3 is 16.0 Å². The molecule has 2 aromatic heterocycles. The number of fused-ring (bicyclic) bond motifs is 4. The third-order valence-electron chi connectivity index (χ3n) is 10.5. The number of aromatic nitrogens is 4. The van der Waals surface area contributed by atoms with Crippen molar-refractivity contribution in [1.82, 2.24) is 34.9 Å². The molecule has 0 bridgehead atoms. The molecule has 2 aromatic carbocycles. The number of aliphatic imine (C=N–C) groups is 1. The number of amides is 4. The van der Waals surface area contributed by atoms with Crippen LogP contribution >= 0.6 is 0 Å². The maximum absolute atomic E-state index is 12.5. The lowest BCUT2D eigenvalue weighted by atomic mass is 9.99. The molecule has 58 heavy (non-hydrogen) atoms. The SMILES string of the molecule is CNC(=O)Cn1ccc(S(=O)(=O)NC(=O)Nc2c3c(cc4c2CCC4)CCC3)n1.CNC(=O)Cn1ccc(S(N)(=O)=O)n1.O=C=Nc1c2c(cc3c1CCC3)CCC2. The van der Waals surface area contributed by atoms with Crippen LogP contribution in [0.25, 0.3) is 0 Å². The number of likely N-dealkylation sites (N-methyl/N-ethyl adjacent to an activating group) is 2. The van der Waals surface area contributed by atoms with Gasteiger partial charge in [0.25, 0.3) is 20.0 Å². The number of hydrogen-bond donors (Lipinski definition) is 5. The number of aryl methyl sites for hydroxylation is 4. The molecule has 4 aliphatic carbocycles. The van der Waals surface area contributed by atoms with Gasteiger partial charge in [0.15, 0.2) is 10.1 Å². The van der Waals surface area contributed by atoms with Gasteiger partial charge in [0.2, 0.25) is 17.9 Å². The summed E-state index contributed by atoms with van der Waals surface area (Å²) in [5, 5.41) is 19.3. The second-order valence-electron chi connectivity index (χ2n) is 14.3. The van der Waals surface area contributed by atoms with E-state index in [0.29, 0.717) is 0 Å². The first kappa shape index (κ1) is 41.9. The van der Waals surface area contributed by atoms with Crippen LogP contribution in [-0.2, 0) is 98.9 Å². The molecule has 0 spiro atoms. The van der Waals surface area contributed by atoms with Crippen molar-refractivity contribution in [2.24, 2.45) is 10.1 Å². The van der Waals surface area contributed by atoms with Gasteiger partial charge in [-0.1, -0.05) is 12.1 Å². The molecular formula is C38H46N10O8S2. The molecule has 8 rings (SSSR count). The van der Waals surface area contributed by atoms with Crippen LogP contribution in [0.15, 0.2) is 51.7 Å². The first-order valence-corrected chi connectivity index (χ1v) is 22.0. The second kappa shape index (κ2) is 17.8. The van der Waals surface area contributed by atoms with Crippen molar-refractivity contribution in [3.63, 3.8) is 0 Å². The third kappa shape index (κ3) is 9.70. The molecule has 0 saturated carbocycles. The Morgan fingerprint density at radius 1 is 0.707 bits per heavy atom. The number of anilines is 1. The minimum Gasteiger partial charge on any atom is -0.358 e. The van der Waals surface area contributed by atoms with Gasteiger partial charge in [-0.15, -0.1) is 0 Å². The lowest BCUT2D eigenvalue weighted by molar-refractivity contribution is -0.122. The van der Waals surface area contributed by atoms with Gasteiger partial charge in [-0.05, 0) is 134 Å². The van der Waals surface area contributed by atoms with E-state index in [1.807, 2.05) is 4.72 Å². The summed E-state index contributed by atoms with van der Waals surface area (Å²) in [5.41, 5.74) is 11.9. The van der Waals surface area contributed by atoms with Crippen molar-refractivity contribution in [3.8, 4) is 0 Å². The van der Waals surface area contributed by atoms with E-state index in [-0.39, 0.29) is 35.0 Å². The van der Waals surface area contributed by atoms with E-state index in [1.165, 1.54) is 94.2 Å². The Hall–Kier alpha value is -5.69. The van der Waals surface area contributed by atoms with Crippen molar-refractivity contribution in [1.29, 1.82) is 0 Å². The quantitative estimate of drug-likeness (QED) is 0.121. The molecule has 20 heteroatoms. The number of nitrogens with two attached hydrogens (primary N) is 1. The van der Waals surface area contributed by atoms with Crippen LogP contribution in [0.4, 0.5) is 16.2 Å². The second-order valence-corrected chi connectivity index (χ2v) is 17.4. The van der Waals surface area contributed by atoms with Crippen molar-refractivity contribution < 1.29 is 36.0 Å². The van der Waals surface area contributed by atoms with E-state index in [9.17, 15) is 36.0 Å². The van der Waals surface area contributed by atoms with Crippen LogP contribution in [0.1, 0.15) is 70.2 Å². The fraction of sp³-hybridized carbons (Fsp3) is 0.421. The Morgan fingerprint density at radius 3 is 1.57 bits per heavy atom. The molecule has 4 aliphatic rings. The number of nitrogens with zero attached hydrogens (tertiary/aromatic N) is 5. The Labute approximate surface area is 336 Å². The summed E-state index contributed by atoms with van der Waals surface area (Å²) in [5.74, 6) is -0.580. The Kier molecular flexibility index (Phi) is 12.9. The van der Waals surface area contributed by atoms with Crippen molar-refractivity contribution in [3.05, 3.63) is 81.2 Å². The number of primary sulfonamides is 1. The number of rotatable bonds is 9. The standard InChI is InChI=1S/C19H23N5O4S.C13H13NO.C6H10N4O3S/c1-20-16(25)11-24-9-8-17(22-24)29(27,28)23-19(26)21-18-14-6-2-4-12(14)10-13-5-3-7-15(13)18;15-8-14-13-11-5-1-3-9(11)7-10-4-2-6-12(10)13;1-8-5(11)4-10-3-2-6(9-10)14(7,12)13/h8-10H,2-7,11H2,1H3,(H,20,25)(H2,21,23,26);7H,1-6H2;2-3H,4H2,1H3,(H,8,11)(H2,7,12,13). The highest BCUT2D eigenvalue weighted by atomic mass is 32.2. The highest BCUT2D eigenvalue weighted by Gasteiger charge is 2.28. The van der Waals surface area contributed by atoms with E-state index >= 15 is 0 Å². The van der Waals surface area contributed by atoms with Crippen LogP contribution in [0.5, 0.6) is 0 Å². The molecule has 0 aliphatic heterocycles. The fourth-order valence-electron chi connectivity index (χ4n) is 7.86. The van der Waals surface area contributed by atoms with Gasteiger partial charge in [-0.25, -0.2) is 27.9 Å². The molecule has 0 radical (unpaired) electrons. The molecule has 0 saturated heterocycles.